The first-order valence-electron chi connectivity index (χ1n) is 17.9. The third-order valence-corrected chi connectivity index (χ3v) is 12.5. The zero-order chi connectivity index (χ0) is 32.8. The van der Waals surface area contributed by atoms with Crippen molar-refractivity contribution in [3.63, 3.8) is 0 Å². The third kappa shape index (κ3) is 7.19. The number of thiazole rings is 1. The van der Waals surface area contributed by atoms with Gasteiger partial charge in [-0.15, -0.1) is 0 Å². The van der Waals surface area contributed by atoms with Gasteiger partial charge in [-0.05, 0) is 111 Å². The van der Waals surface area contributed by atoms with E-state index in [-0.39, 0.29) is 34.5 Å². The van der Waals surface area contributed by atoms with Crippen molar-refractivity contribution in [1.29, 1.82) is 0 Å². The predicted molar refractivity (Wildman–Crippen MR) is 187 cm³/mol. The Labute approximate surface area is 283 Å². The molecule has 3 aromatic rings. The number of likely N-dealkylation sites (tertiary alicyclic amines) is 2. The van der Waals surface area contributed by atoms with E-state index in [0.717, 1.165) is 100 Å². The molecule has 2 atom stereocenters. The minimum Gasteiger partial charge on any atom is -0.393 e. The second-order valence-corrected chi connectivity index (χ2v) is 17.0. The van der Waals surface area contributed by atoms with Crippen molar-refractivity contribution in [3.8, 4) is 0 Å². The quantitative estimate of drug-likeness (QED) is 0.293. The number of aromatic nitrogens is 2. The average molecular weight is 658 g/mol. The summed E-state index contributed by atoms with van der Waals surface area (Å²) in [7, 11) is 0. The summed E-state index contributed by atoms with van der Waals surface area (Å²) < 4.78 is 0. The summed E-state index contributed by atoms with van der Waals surface area (Å²) in [6.07, 6.45) is 8.03. The highest BCUT2D eigenvalue weighted by atomic mass is 32.1. The van der Waals surface area contributed by atoms with Gasteiger partial charge in [-0.3, -0.25) is 9.59 Å². The molecule has 7 rings (SSSR count). The van der Waals surface area contributed by atoms with Crippen molar-refractivity contribution in [3.05, 3.63) is 57.7 Å². The number of fused-ring (bicyclic) bond motifs is 2. The minimum absolute atomic E-state index is 0.0342. The number of hydrogen-bond acceptors (Lipinski definition) is 8. The molecule has 0 saturated carbocycles. The molecule has 1 aliphatic carbocycles. The van der Waals surface area contributed by atoms with Gasteiger partial charge in [-0.2, -0.15) is 0 Å². The predicted octanol–water partition coefficient (Wildman–Crippen LogP) is 5.87. The number of aryl methyl sites for hydroxylation is 1. The summed E-state index contributed by atoms with van der Waals surface area (Å²) in [4.78, 5) is 42.6. The molecule has 5 heterocycles. The van der Waals surface area contributed by atoms with Crippen LogP contribution in [0.2, 0.25) is 0 Å². The molecule has 0 radical (unpaired) electrons. The molecule has 3 fully saturated rings. The molecule has 3 aliphatic heterocycles. The number of benzene rings is 1. The van der Waals surface area contributed by atoms with Crippen LogP contribution in [0.5, 0.6) is 0 Å². The summed E-state index contributed by atoms with van der Waals surface area (Å²) in [5, 5.41) is 14.1. The number of ketones is 1. The summed E-state index contributed by atoms with van der Waals surface area (Å²) in [6, 6.07) is 10.2. The molecule has 2 aromatic heterocycles. The first-order chi connectivity index (χ1) is 22.5. The normalized spacial score (nSPS) is 22.6. The van der Waals surface area contributed by atoms with Crippen LogP contribution in [0, 0.1) is 16.7 Å². The first-order valence-corrected chi connectivity index (χ1v) is 18.7. The Morgan fingerprint density at radius 1 is 1.13 bits per heavy atom. The van der Waals surface area contributed by atoms with Crippen molar-refractivity contribution in [2.75, 3.05) is 45.8 Å². The van der Waals surface area contributed by atoms with Crippen LogP contribution < -0.4 is 5.32 Å². The topological polar surface area (TPSA) is 98.7 Å². The molecule has 3 saturated heterocycles. The summed E-state index contributed by atoms with van der Waals surface area (Å²) >= 11 is 1.43. The van der Waals surface area contributed by atoms with Gasteiger partial charge in [0.25, 0.3) is 5.91 Å². The fraction of sp³-hybridized carbons (Fsp3) is 0.632. The van der Waals surface area contributed by atoms with Crippen LogP contribution >= 0.6 is 11.3 Å². The molecule has 1 spiro atoms. The van der Waals surface area contributed by atoms with E-state index in [2.05, 4.69) is 43.1 Å². The van der Waals surface area contributed by atoms with Gasteiger partial charge in [0.1, 0.15) is 10.3 Å². The van der Waals surface area contributed by atoms with Crippen LogP contribution in [-0.4, -0.2) is 88.5 Å². The molecule has 47 heavy (non-hydrogen) atoms. The minimum atomic E-state index is -0.214. The maximum Gasteiger partial charge on any atom is 0.253 e. The number of aliphatic hydroxyl groups excluding tert-OH is 1. The standard InChI is InChI=1S/C38H51N5O3S/c1-37(2,3)29-8-9-31-28(19-29)20-32-34(40-31)47-35(41-32)33(45)21-26(10-15-42-16-11-30(44)12-17-42)25-6-4-7-27(18-25)36(46)43-23-38(24-43)13-5-14-39-22-38/h4,6-7,18,20,26,29-30,39,44H,5,8-17,19,21-24H2,1-3H3/t26-,29-/m0/s1. The lowest BCUT2D eigenvalue weighted by Gasteiger charge is -2.52. The zero-order valence-corrected chi connectivity index (χ0v) is 29.2. The lowest BCUT2D eigenvalue weighted by molar-refractivity contribution is -0.00723. The maximum absolute atomic E-state index is 13.9. The molecule has 1 amide bonds. The second-order valence-electron chi connectivity index (χ2n) is 16.0. The fourth-order valence-electron chi connectivity index (χ4n) is 8.37. The zero-order valence-electron chi connectivity index (χ0n) is 28.4. The largest absolute Gasteiger partial charge is 0.393 e. The van der Waals surface area contributed by atoms with Gasteiger partial charge in [-0.25, -0.2) is 9.97 Å². The Hall–Kier alpha value is -2.72. The maximum atomic E-state index is 13.9. The highest BCUT2D eigenvalue weighted by Gasteiger charge is 2.45. The fourth-order valence-corrected chi connectivity index (χ4v) is 9.25. The van der Waals surface area contributed by atoms with E-state index in [1.807, 2.05) is 23.1 Å². The highest BCUT2D eigenvalue weighted by Crippen LogP contribution is 2.39. The van der Waals surface area contributed by atoms with Gasteiger partial charge < -0.3 is 20.2 Å². The van der Waals surface area contributed by atoms with Gasteiger partial charge in [0.2, 0.25) is 0 Å². The molecule has 4 aliphatic rings. The van der Waals surface area contributed by atoms with Gasteiger partial charge in [0.15, 0.2) is 10.8 Å². The van der Waals surface area contributed by atoms with Crippen molar-refractivity contribution < 1.29 is 14.7 Å². The summed E-state index contributed by atoms with van der Waals surface area (Å²) in [5.41, 5.74) is 5.53. The van der Waals surface area contributed by atoms with Crippen molar-refractivity contribution >= 4 is 33.4 Å². The molecule has 8 nitrogen and oxygen atoms in total. The number of Topliss-reactive ketones (excluding diaryl/α,β-unsaturated/α-hetero) is 1. The van der Waals surface area contributed by atoms with Gasteiger partial charge in [0.05, 0.1) is 6.10 Å². The van der Waals surface area contributed by atoms with Crippen molar-refractivity contribution in [2.24, 2.45) is 16.7 Å². The molecule has 252 valence electrons. The number of nitrogens with zero attached hydrogens (tertiary/aromatic N) is 4. The Balaban J connectivity index is 1.09. The molecular formula is C38H51N5O3S. The number of carbonyl (C=O) groups excluding carboxylic acids is 2. The Bertz CT molecular complexity index is 1610. The van der Waals surface area contributed by atoms with Crippen LogP contribution in [0.4, 0.5) is 0 Å². The average Bonchev–Trinajstić information content (AvgIpc) is 3.47. The summed E-state index contributed by atoms with van der Waals surface area (Å²) in [6.45, 7) is 13.3. The summed E-state index contributed by atoms with van der Waals surface area (Å²) in [5.74, 6) is 0.719. The van der Waals surface area contributed by atoms with E-state index in [1.165, 1.54) is 35.4 Å². The van der Waals surface area contributed by atoms with Crippen LogP contribution in [0.25, 0.3) is 10.3 Å². The monoisotopic (exact) mass is 657 g/mol. The van der Waals surface area contributed by atoms with E-state index in [1.54, 1.807) is 0 Å². The van der Waals surface area contributed by atoms with Gasteiger partial charge >= 0.3 is 0 Å². The van der Waals surface area contributed by atoms with Gasteiger partial charge in [-0.1, -0.05) is 44.2 Å². The lowest BCUT2D eigenvalue weighted by Crippen LogP contribution is -2.63. The number of aliphatic hydroxyl groups is 1. The molecule has 0 bridgehead atoms. The SMILES string of the molecule is CC(C)(C)[C@H]1CCc2nc3sc(C(=O)C[C@H](CCN4CCC(O)CC4)c4cccc(C(=O)N5CC6(CCCNC6)C5)c4)nc3cc2C1. The van der Waals surface area contributed by atoms with E-state index in [9.17, 15) is 14.7 Å². The van der Waals surface area contributed by atoms with Crippen LogP contribution in [0.15, 0.2) is 30.3 Å². The van der Waals surface area contributed by atoms with E-state index in [4.69, 9.17) is 9.97 Å². The van der Waals surface area contributed by atoms with E-state index < -0.39 is 0 Å². The second kappa shape index (κ2) is 13.3. The molecule has 0 unspecified atom stereocenters. The van der Waals surface area contributed by atoms with E-state index >= 15 is 0 Å². The Morgan fingerprint density at radius 2 is 1.94 bits per heavy atom. The number of nitrogens with one attached hydrogen (secondary N) is 1. The molecule has 2 N–H and O–H groups in total. The van der Waals surface area contributed by atoms with Crippen LogP contribution in [-0.2, 0) is 12.8 Å². The number of rotatable bonds is 8. The number of amides is 1. The molecule has 9 heteroatoms. The third-order valence-electron chi connectivity index (χ3n) is 11.5. The van der Waals surface area contributed by atoms with E-state index in [0.29, 0.717) is 22.9 Å². The number of carbonyl (C=O) groups is 2. The molecular weight excluding hydrogens is 607 g/mol. The number of piperidine rings is 2. The smallest absolute Gasteiger partial charge is 0.253 e. The molecule has 1 aromatic carbocycles. The first kappa shape index (κ1) is 32.8. The van der Waals surface area contributed by atoms with Crippen molar-refractivity contribution in [1.82, 2.24) is 25.1 Å². The van der Waals surface area contributed by atoms with Crippen molar-refractivity contribution in [2.45, 2.75) is 90.6 Å². The highest BCUT2D eigenvalue weighted by molar-refractivity contribution is 7.19. The van der Waals surface area contributed by atoms with Gasteiger partial charge in [0, 0.05) is 55.8 Å². The number of pyridine rings is 1. The van der Waals surface area contributed by atoms with Crippen LogP contribution in [0.1, 0.15) is 109 Å². The number of hydrogen-bond donors (Lipinski definition) is 2. The lowest BCUT2D eigenvalue weighted by atomic mass is 9.71. The Kier molecular flexibility index (Phi) is 9.28. The van der Waals surface area contributed by atoms with Crippen LogP contribution in [0.3, 0.4) is 0 Å². The Morgan fingerprint density at radius 3 is 2.68 bits per heavy atom.